The normalized spacial score (nSPS) is 12.7. The van der Waals surface area contributed by atoms with Crippen LogP contribution < -0.4 is 5.32 Å². The molecule has 5 heteroatoms. The summed E-state index contributed by atoms with van der Waals surface area (Å²) in [6, 6.07) is 1.60. The molecule has 2 N–H and O–H groups in total. The minimum Gasteiger partial charge on any atom is -0.459 e. The lowest BCUT2D eigenvalue weighted by Crippen LogP contribution is -2.38. The first-order chi connectivity index (χ1) is 8.60. The molecule has 4 nitrogen and oxygen atoms in total. The van der Waals surface area contributed by atoms with Crippen LogP contribution in [0, 0.1) is 0 Å². The van der Waals surface area contributed by atoms with Crippen LogP contribution >= 0.6 is 11.8 Å². The van der Waals surface area contributed by atoms with E-state index >= 15 is 0 Å². The highest BCUT2D eigenvalue weighted by Crippen LogP contribution is 2.20. The van der Waals surface area contributed by atoms with Gasteiger partial charge in [0.15, 0.2) is 5.76 Å². The van der Waals surface area contributed by atoms with Crippen LogP contribution in [0.15, 0.2) is 16.7 Å². The van der Waals surface area contributed by atoms with Crippen LogP contribution in [0.25, 0.3) is 0 Å². The van der Waals surface area contributed by atoms with E-state index in [1.54, 1.807) is 11.8 Å². The maximum Gasteiger partial charge on any atom is 0.287 e. The summed E-state index contributed by atoms with van der Waals surface area (Å²) in [6.07, 6.45) is 4.28. The maximum absolute atomic E-state index is 12.0. The van der Waals surface area contributed by atoms with Crippen molar-refractivity contribution in [3.05, 3.63) is 23.7 Å². The van der Waals surface area contributed by atoms with Crippen LogP contribution in [-0.2, 0) is 0 Å². The molecule has 0 fully saturated rings. The Bertz CT molecular complexity index is 376. The van der Waals surface area contributed by atoms with Crippen molar-refractivity contribution in [2.24, 2.45) is 0 Å². The van der Waals surface area contributed by atoms with Gasteiger partial charge in [0.05, 0.1) is 18.9 Å². The second kappa shape index (κ2) is 7.48. The molecule has 1 amide bonds. The number of hydrogen-bond donors (Lipinski definition) is 2. The molecule has 1 aromatic rings. The highest BCUT2D eigenvalue weighted by molar-refractivity contribution is 7.98. The summed E-state index contributed by atoms with van der Waals surface area (Å²) in [4.78, 5) is 12.0. The number of rotatable bonds is 7. The molecule has 0 saturated carbocycles. The number of carbonyl (C=O) groups excluding carboxylic acids is 1. The van der Waals surface area contributed by atoms with Gasteiger partial charge >= 0.3 is 0 Å². The number of thioether (sulfide) groups is 1. The van der Waals surface area contributed by atoms with Gasteiger partial charge in [0.1, 0.15) is 0 Å². The number of carbonyl (C=O) groups is 1. The van der Waals surface area contributed by atoms with Gasteiger partial charge in [0.25, 0.3) is 5.91 Å². The summed E-state index contributed by atoms with van der Waals surface area (Å²) in [5, 5.41) is 12.0. The van der Waals surface area contributed by atoms with E-state index in [9.17, 15) is 9.90 Å². The minimum atomic E-state index is -0.246. The van der Waals surface area contributed by atoms with E-state index in [0.717, 1.165) is 17.7 Å². The van der Waals surface area contributed by atoms with E-state index in [1.807, 2.05) is 26.2 Å². The molecule has 18 heavy (non-hydrogen) atoms. The first kappa shape index (κ1) is 15.1. The molecule has 1 heterocycles. The number of amides is 1. The van der Waals surface area contributed by atoms with Crippen LogP contribution in [0.2, 0.25) is 0 Å². The molecule has 0 bridgehead atoms. The minimum absolute atomic E-state index is 0.0516. The topological polar surface area (TPSA) is 62.5 Å². The molecule has 0 unspecified atom stereocenters. The van der Waals surface area contributed by atoms with Crippen molar-refractivity contribution in [2.45, 2.75) is 32.2 Å². The third-order valence-corrected chi connectivity index (χ3v) is 3.39. The zero-order valence-corrected chi connectivity index (χ0v) is 11.9. The van der Waals surface area contributed by atoms with E-state index in [0.29, 0.717) is 5.76 Å². The fraction of sp³-hybridized carbons (Fsp3) is 0.615. The van der Waals surface area contributed by atoms with Gasteiger partial charge in [-0.05, 0) is 30.4 Å². The summed E-state index contributed by atoms with van der Waals surface area (Å²) < 4.78 is 5.24. The van der Waals surface area contributed by atoms with Gasteiger partial charge in [-0.2, -0.15) is 11.8 Å². The van der Waals surface area contributed by atoms with E-state index < -0.39 is 0 Å². The van der Waals surface area contributed by atoms with Crippen molar-refractivity contribution in [3.8, 4) is 0 Å². The smallest absolute Gasteiger partial charge is 0.287 e. The molecule has 1 aromatic heterocycles. The van der Waals surface area contributed by atoms with E-state index in [1.165, 1.54) is 6.26 Å². The van der Waals surface area contributed by atoms with Crippen LogP contribution in [0.1, 0.15) is 42.3 Å². The van der Waals surface area contributed by atoms with Crippen LogP contribution in [0.3, 0.4) is 0 Å². The molecule has 1 rings (SSSR count). The van der Waals surface area contributed by atoms with Crippen molar-refractivity contribution in [3.63, 3.8) is 0 Å². The molecular formula is C13H21NO3S. The van der Waals surface area contributed by atoms with Gasteiger partial charge in [-0.25, -0.2) is 0 Å². The molecule has 1 atom stereocenters. The summed E-state index contributed by atoms with van der Waals surface area (Å²) >= 11 is 1.69. The Morgan fingerprint density at radius 1 is 1.56 bits per heavy atom. The highest BCUT2D eigenvalue weighted by Gasteiger charge is 2.20. The molecule has 0 saturated heterocycles. The highest BCUT2D eigenvalue weighted by atomic mass is 32.2. The molecule has 0 spiro atoms. The predicted molar refractivity (Wildman–Crippen MR) is 74.1 cm³/mol. The van der Waals surface area contributed by atoms with Crippen molar-refractivity contribution in [1.29, 1.82) is 0 Å². The van der Waals surface area contributed by atoms with Gasteiger partial charge < -0.3 is 14.8 Å². The van der Waals surface area contributed by atoms with Crippen molar-refractivity contribution in [1.82, 2.24) is 5.32 Å². The fourth-order valence-electron chi connectivity index (χ4n) is 1.68. The van der Waals surface area contributed by atoms with E-state index in [2.05, 4.69) is 5.32 Å². The zero-order chi connectivity index (χ0) is 13.5. The van der Waals surface area contributed by atoms with Gasteiger partial charge in [-0.1, -0.05) is 13.8 Å². The van der Waals surface area contributed by atoms with Crippen LogP contribution in [0.5, 0.6) is 0 Å². The number of nitrogens with one attached hydrogen (secondary N) is 1. The largest absolute Gasteiger partial charge is 0.459 e. The zero-order valence-electron chi connectivity index (χ0n) is 11.1. The number of hydrogen-bond acceptors (Lipinski definition) is 4. The lowest BCUT2D eigenvalue weighted by Gasteiger charge is -2.15. The Kier molecular flexibility index (Phi) is 6.29. The average Bonchev–Trinajstić information content (AvgIpc) is 2.83. The first-order valence-corrected chi connectivity index (χ1v) is 7.47. The molecular weight excluding hydrogens is 250 g/mol. The van der Waals surface area contributed by atoms with Crippen molar-refractivity contribution in [2.75, 3.05) is 18.6 Å². The van der Waals surface area contributed by atoms with E-state index in [-0.39, 0.29) is 24.5 Å². The van der Waals surface area contributed by atoms with Gasteiger partial charge in [0, 0.05) is 5.56 Å². The third kappa shape index (κ3) is 4.07. The summed E-state index contributed by atoms with van der Waals surface area (Å²) in [7, 11) is 0. The van der Waals surface area contributed by atoms with Gasteiger partial charge in [-0.15, -0.1) is 0 Å². The Labute approximate surface area is 112 Å². The Morgan fingerprint density at radius 3 is 2.83 bits per heavy atom. The van der Waals surface area contributed by atoms with Crippen molar-refractivity contribution < 1.29 is 14.3 Å². The standard InChI is InChI=1S/C13H21NO3S/c1-9(2)11-4-6-17-12(11)13(16)14-10(8-15)5-7-18-3/h4,6,9-10,15H,5,7-8H2,1-3H3,(H,14,16)/t10-/m0/s1. The molecule has 0 aliphatic rings. The van der Waals surface area contributed by atoms with Gasteiger partial charge in [0.2, 0.25) is 0 Å². The Morgan fingerprint density at radius 2 is 2.28 bits per heavy atom. The Balaban J connectivity index is 2.66. The molecule has 0 radical (unpaired) electrons. The quantitative estimate of drug-likeness (QED) is 0.798. The third-order valence-electron chi connectivity index (χ3n) is 2.75. The lowest BCUT2D eigenvalue weighted by molar-refractivity contribution is 0.0885. The lowest BCUT2D eigenvalue weighted by atomic mass is 10.0. The van der Waals surface area contributed by atoms with Crippen LogP contribution in [0.4, 0.5) is 0 Å². The molecule has 0 aliphatic carbocycles. The number of furan rings is 1. The van der Waals surface area contributed by atoms with Crippen molar-refractivity contribution >= 4 is 17.7 Å². The predicted octanol–water partition coefficient (Wildman–Crippen LogP) is 2.25. The second-order valence-corrected chi connectivity index (χ2v) is 5.48. The van der Waals surface area contributed by atoms with Gasteiger partial charge in [-0.3, -0.25) is 4.79 Å². The first-order valence-electron chi connectivity index (χ1n) is 6.08. The summed E-state index contributed by atoms with van der Waals surface area (Å²) in [5.41, 5.74) is 0.897. The number of aliphatic hydroxyl groups excluding tert-OH is 1. The number of aliphatic hydroxyl groups is 1. The summed E-state index contributed by atoms with van der Waals surface area (Å²) in [5.74, 6) is 1.25. The van der Waals surface area contributed by atoms with E-state index in [4.69, 9.17) is 4.42 Å². The average molecular weight is 271 g/mol. The SMILES string of the molecule is CSCC[C@@H](CO)NC(=O)c1occc1C(C)C. The van der Waals surface area contributed by atoms with Crippen LogP contribution in [-0.4, -0.2) is 35.7 Å². The molecule has 0 aliphatic heterocycles. The summed E-state index contributed by atoms with van der Waals surface area (Å²) in [6.45, 7) is 3.97. The molecule has 0 aromatic carbocycles. The molecule has 102 valence electrons. The monoisotopic (exact) mass is 271 g/mol. The fourth-order valence-corrected chi connectivity index (χ4v) is 2.20. The Hall–Kier alpha value is -0.940. The maximum atomic E-state index is 12.0. The second-order valence-electron chi connectivity index (χ2n) is 4.49.